The third-order valence-electron chi connectivity index (χ3n) is 5.28. The summed E-state index contributed by atoms with van der Waals surface area (Å²) in [6, 6.07) is 8.85. The number of aromatic nitrogens is 1. The minimum Gasteiger partial charge on any atom is -0.378 e. The number of pyridine rings is 1. The number of nitrogens with zero attached hydrogens (tertiary/aromatic N) is 3. The molecule has 5 nitrogen and oxygen atoms in total. The summed E-state index contributed by atoms with van der Waals surface area (Å²) >= 11 is 1.53. The van der Waals surface area contributed by atoms with Gasteiger partial charge >= 0.3 is 0 Å². The number of rotatable bonds is 4. The fourth-order valence-corrected chi connectivity index (χ4v) is 4.67. The van der Waals surface area contributed by atoms with Crippen molar-refractivity contribution < 1.29 is 13.9 Å². The van der Waals surface area contributed by atoms with Crippen LogP contribution in [0.4, 0.5) is 10.2 Å². The lowest BCUT2D eigenvalue weighted by Crippen LogP contribution is -2.39. The van der Waals surface area contributed by atoms with Gasteiger partial charge in [-0.25, -0.2) is 9.37 Å². The average Bonchev–Trinajstić information content (AvgIpc) is 2.72. The molecule has 3 heterocycles. The van der Waals surface area contributed by atoms with Crippen LogP contribution in [0.1, 0.15) is 36.1 Å². The maximum atomic E-state index is 13.2. The number of nitriles is 1. The predicted molar refractivity (Wildman–Crippen MR) is 111 cm³/mol. The van der Waals surface area contributed by atoms with Crippen LogP contribution in [0.2, 0.25) is 0 Å². The van der Waals surface area contributed by atoms with Gasteiger partial charge in [0, 0.05) is 30.8 Å². The molecule has 29 heavy (non-hydrogen) atoms. The molecular weight excluding hydrogens is 389 g/mol. The molecule has 0 atom stereocenters. The SMILES string of the molecule is CC1(C)Cc2c(C#N)c(SCc3ccc(F)cc3)nc(N3CCOCC3)c2CO1. The van der Waals surface area contributed by atoms with Crippen molar-refractivity contribution in [2.45, 2.75) is 43.3 Å². The Balaban J connectivity index is 1.73. The average molecular weight is 414 g/mol. The molecule has 152 valence electrons. The van der Waals surface area contributed by atoms with Crippen LogP contribution in [0, 0.1) is 17.1 Å². The summed E-state index contributed by atoms with van der Waals surface area (Å²) in [5.41, 5.74) is 3.38. The summed E-state index contributed by atoms with van der Waals surface area (Å²) < 4.78 is 24.8. The molecule has 0 saturated carbocycles. The standard InChI is InChI=1S/C22H24FN3O2S/c1-22(2)11-17-18(12-24)21(29-14-15-3-5-16(23)6-4-15)25-20(19(17)13-28-22)26-7-9-27-10-8-26/h3-6H,7-11,13-14H2,1-2H3. The van der Waals surface area contributed by atoms with E-state index in [0.29, 0.717) is 37.6 Å². The summed E-state index contributed by atoms with van der Waals surface area (Å²) in [7, 11) is 0. The normalized spacial score (nSPS) is 18.2. The van der Waals surface area contributed by atoms with Crippen molar-refractivity contribution >= 4 is 17.6 Å². The van der Waals surface area contributed by atoms with E-state index in [1.54, 1.807) is 12.1 Å². The summed E-state index contributed by atoms with van der Waals surface area (Å²) in [6.07, 6.45) is 0.676. The second kappa shape index (κ2) is 8.31. The highest BCUT2D eigenvalue weighted by Crippen LogP contribution is 2.39. The molecule has 2 aliphatic heterocycles. The third-order valence-corrected chi connectivity index (χ3v) is 6.32. The lowest BCUT2D eigenvalue weighted by molar-refractivity contribution is -0.0402. The first-order chi connectivity index (χ1) is 14.0. The smallest absolute Gasteiger partial charge is 0.135 e. The molecule has 1 aromatic heterocycles. The monoisotopic (exact) mass is 413 g/mol. The molecule has 0 N–H and O–H groups in total. The summed E-state index contributed by atoms with van der Waals surface area (Å²) in [4.78, 5) is 7.15. The highest BCUT2D eigenvalue weighted by Gasteiger charge is 2.33. The molecule has 1 aromatic carbocycles. The van der Waals surface area contributed by atoms with Gasteiger partial charge in [-0.2, -0.15) is 5.26 Å². The van der Waals surface area contributed by atoms with E-state index in [4.69, 9.17) is 14.5 Å². The van der Waals surface area contributed by atoms with Crippen LogP contribution in [0.3, 0.4) is 0 Å². The van der Waals surface area contributed by atoms with Gasteiger partial charge in [-0.3, -0.25) is 0 Å². The molecule has 0 unspecified atom stereocenters. The van der Waals surface area contributed by atoms with Gasteiger partial charge in [0.15, 0.2) is 0 Å². The molecule has 2 aromatic rings. The van der Waals surface area contributed by atoms with Crippen LogP contribution in [0.5, 0.6) is 0 Å². The van der Waals surface area contributed by atoms with Crippen LogP contribution in [0.25, 0.3) is 0 Å². The molecule has 0 bridgehead atoms. The highest BCUT2D eigenvalue weighted by atomic mass is 32.2. The van der Waals surface area contributed by atoms with Crippen LogP contribution in [-0.2, 0) is 28.3 Å². The van der Waals surface area contributed by atoms with Crippen LogP contribution in [0.15, 0.2) is 29.3 Å². The second-order valence-electron chi connectivity index (χ2n) is 7.92. The molecule has 0 aliphatic carbocycles. The molecule has 7 heteroatoms. The Morgan fingerprint density at radius 2 is 1.93 bits per heavy atom. The first kappa shape index (κ1) is 20.1. The first-order valence-electron chi connectivity index (χ1n) is 9.76. The predicted octanol–water partition coefficient (Wildman–Crippen LogP) is 4.07. The Morgan fingerprint density at radius 1 is 1.21 bits per heavy atom. The molecule has 1 saturated heterocycles. The van der Waals surface area contributed by atoms with Gasteiger partial charge in [-0.05, 0) is 37.1 Å². The van der Waals surface area contributed by atoms with E-state index >= 15 is 0 Å². The van der Waals surface area contributed by atoms with E-state index in [1.807, 2.05) is 0 Å². The quantitative estimate of drug-likeness (QED) is 0.704. The number of anilines is 1. The zero-order chi connectivity index (χ0) is 20.4. The Labute approximate surface area is 174 Å². The van der Waals surface area contributed by atoms with Gasteiger partial charge in [-0.15, -0.1) is 11.8 Å². The van der Waals surface area contributed by atoms with Crippen molar-refractivity contribution in [3.05, 3.63) is 52.3 Å². The second-order valence-corrected chi connectivity index (χ2v) is 8.89. The van der Waals surface area contributed by atoms with Crippen molar-refractivity contribution in [2.75, 3.05) is 31.2 Å². The van der Waals surface area contributed by atoms with Crippen LogP contribution in [-0.4, -0.2) is 36.9 Å². The number of hydrogen-bond acceptors (Lipinski definition) is 6. The number of thioether (sulfide) groups is 1. The zero-order valence-corrected chi connectivity index (χ0v) is 17.5. The fraction of sp³-hybridized carbons (Fsp3) is 0.455. The van der Waals surface area contributed by atoms with Crippen molar-refractivity contribution in [3.8, 4) is 6.07 Å². The minimum absolute atomic E-state index is 0.250. The van der Waals surface area contributed by atoms with E-state index in [2.05, 4.69) is 24.8 Å². The van der Waals surface area contributed by atoms with Gasteiger partial charge in [0.25, 0.3) is 0 Å². The minimum atomic E-state index is -0.318. The third kappa shape index (κ3) is 4.40. The molecule has 0 amide bonds. The van der Waals surface area contributed by atoms with Gasteiger partial charge in [0.05, 0.1) is 31.0 Å². The van der Waals surface area contributed by atoms with Gasteiger partial charge in [0.2, 0.25) is 0 Å². The number of morpholine rings is 1. The van der Waals surface area contributed by atoms with Crippen molar-refractivity contribution in [2.24, 2.45) is 0 Å². The van der Waals surface area contributed by atoms with Crippen LogP contribution < -0.4 is 4.90 Å². The lowest BCUT2D eigenvalue weighted by atomic mass is 9.89. The van der Waals surface area contributed by atoms with E-state index in [0.717, 1.165) is 40.6 Å². The summed E-state index contributed by atoms with van der Waals surface area (Å²) in [5.74, 6) is 1.28. The molecule has 4 rings (SSSR count). The first-order valence-corrected chi connectivity index (χ1v) is 10.7. The molecular formula is C22H24FN3O2S. The Morgan fingerprint density at radius 3 is 2.62 bits per heavy atom. The highest BCUT2D eigenvalue weighted by molar-refractivity contribution is 7.98. The largest absolute Gasteiger partial charge is 0.378 e. The van der Waals surface area contributed by atoms with Crippen LogP contribution >= 0.6 is 11.8 Å². The fourth-order valence-electron chi connectivity index (χ4n) is 3.71. The Bertz CT molecular complexity index is 935. The molecule has 0 radical (unpaired) electrons. The molecule has 1 fully saturated rings. The van der Waals surface area contributed by atoms with Gasteiger partial charge in [0.1, 0.15) is 22.7 Å². The number of halogens is 1. The Kier molecular flexibility index (Phi) is 5.77. The lowest BCUT2D eigenvalue weighted by Gasteiger charge is -2.36. The molecule has 2 aliphatic rings. The summed E-state index contributed by atoms with van der Waals surface area (Å²) in [6.45, 7) is 7.45. The number of fused-ring (bicyclic) bond motifs is 1. The molecule has 0 spiro atoms. The number of benzene rings is 1. The topological polar surface area (TPSA) is 58.4 Å². The van der Waals surface area contributed by atoms with Crippen molar-refractivity contribution in [1.29, 1.82) is 5.26 Å². The van der Waals surface area contributed by atoms with Crippen molar-refractivity contribution in [3.63, 3.8) is 0 Å². The van der Waals surface area contributed by atoms with Crippen molar-refractivity contribution in [1.82, 2.24) is 4.98 Å². The number of hydrogen-bond donors (Lipinski definition) is 0. The van der Waals surface area contributed by atoms with Gasteiger partial charge < -0.3 is 14.4 Å². The summed E-state index contributed by atoms with van der Waals surface area (Å²) in [5, 5.41) is 10.7. The Hall–Kier alpha value is -2.14. The van der Waals surface area contributed by atoms with E-state index in [-0.39, 0.29) is 11.4 Å². The maximum Gasteiger partial charge on any atom is 0.135 e. The maximum absolute atomic E-state index is 13.2. The van der Waals surface area contributed by atoms with E-state index < -0.39 is 0 Å². The van der Waals surface area contributed by atoms with Gasteiger partial charge in [-0.1, -0.05) is 12.1 Å². The van der Waals surface area contributed by atoms with E-state index in [1.165, 1.54) is 23.9 Å². The van der Waals surface area contributed by atoms with E-state index in [9.17, 15) is 9.65 Å². The zero-order valence-electron chi connectivity index (χ0n) is 16.7. The number of ether oxygens (including phenoxy) is 2.